The Labute approximate surface area is 120 Å². The minimum Gasteiger partial charge on any atom is -0.493 e. The van der Waals surface area contributed by atoms with Gasteiger partial charge in [0.15, 0.2) is 17.5 Å². The van der Waals surface area contributed by atoms with Crippen LogP contribution in [0.1, 0.15) is 24.8 Å². The quantitative estimate of drug-likeness (QED) is 0.675. The van der Waals surface area contributed by atoms with Gasteiger partial charge in [0.25, 0.3) is 0 Å². The number of nitrogens with zero attached hydrogens (tertiary/aromatic N) is 2. The van der Waals surface area contributed by atoms with Crippen LogP contribution in [0.5, 0.6) is 11.5 Å². The Morgan fingerprint density at radius 1 is 1.20 bits per heavy atom. The van der Waals surface area contributed by atoms with E-state index in [2.05, 4.69) is 9.89 Å². The Kier molecular flexibility index (Phi) is 5.09. The highest BCUT2D eigenvalue weighted by Crippen LogP contribution is 2.31. The maximum atomic E-state index is 6.06. The molecule has 0 amide bonds. The average molecular weight is 277 g/mol. The van der Waals surface area contributed by atoms with Gasteiger partial charge in [-0.3, -0.25) is 0 Å². The molecule has 5 nitrogen and oxygen atoms in total. The lowest BCUT2D eigenvalue weighted by atomic mass is 10.1. The van der Waals surface area contributed by atoms with Crippen LogP contribution in [-0.4, -0.2) is 38.2 Å². The molecule has 0 radical (unpaired) electrons. The number of hydrogen-bond acceptors (Lipinski definition) is 3. The van der Waals surface area contributed by atoms with Crippen molar-refractivity contribution >= 4 is 5.96 Å². The lowest BCUT2D eigenvalue weighted by Crippen LogP contribution is -2.40. The number of piperidine rings is 1. The Balaban J connectivity index is 2.09. The molecule has 0 bridgehead atoms. The number of guanidine groups is 1. The van der Waals surface area contributed by atoms with Gasteiger partial charge in [-0.1, -0.05) is 12.1 Å². The Morgan fingerprint density at radius 3 is 2.60 bits per heavy atom. The molecule has 110 valence electrons. The van der Waals surface area contributed by atoms with E-state index in [1.807, 2.05) is 18.2 Å². The number of ether oxygens (including phenoxy) is 2. The van der Waals surface area contributed by atoms with Gasteiger partial charge in [0, 0.05) is 18.7 Å². The first-order chi connectivity index (χ1) is 9.76. The minimum absolute atomic E-state index is 0.503. The van der Waals surface area contributed by atoms with Crippen LogP contribution in [0.3, 0.4) is 0 Å². The molecule has 1 saturated heterocycles. The average Bonchev–Trinajstić information content (AvgIpc) is 2.52. The highest BCUT2D eigenvalue weighted by atomic mass is 16.5. The molecule has 1 aliphatic rings. The van der Waals surface area contributed by atoms with E-state index in [0.717, 1.165) is 30.2 Å². The summed E-state index contributed by atoms with van der Waals surface area (Å²) in [6.45, 7) is 2.51. The Morgan fingerprint density at radius 2 is 1.95 bits per heavy atom. The zero-order valence-corrected chi connectivity index (χ0v) is 12.3. The van der Waals surface area contributed by atoms with Crippen LogP contribution in [0, 0.1) is 0 Å². The molecule has 1 aromatic rings. The van der Waals surface area contributed by atoms with Gasteiger partial charge >= 0.3 is 0 Å². The predicted octanol–water partition coefficient (Wildman–Crippen LogP) is 2.00. The SMILES string of the molecule is COc1cccc(CN=C(N)N2CCCCC2)c1OC. The minimum atomic E-state index is 0.503. The normalized spacial score (nSPS) is 16.1. The van der Waals surface area contributed by atoms with Crippen molar-refractivity contribution in [2.45, 2.75) is 25.8 Å². The first kappa shape index (κ1) is 14.5. The van der Waals surface area contributed by atoms with E-state index in [9.17, 15) is 0 Å². The van der Waals surface area contributed by atoms with Crippen LogP contribution in [0.15, 0.2) is 23.2 Å². The van der Waals surface area contributed by atoms with Crippen molar-refractivity contribution < 1.29 is 9.47 Å². The number of hydrogen-bond donors (Lipinski definition) is 1. The highest BCUT2D eigenvalue weighted by molar-refractivity contribution is 5.78. The third kappa shape index (κ3) is 3.35. The molecule has 0 saturated carbocycles. The first-order valence-corrected chi connectivity index (χ1v) is 7.01. The van der Waals surface area contributed by atoms with Gasteiger partial charge in [0.2, 0.25) is 0 Å². The van der Waals surface area contributed by atoms with Crippen LogP contribution in [-0.2, 0) is 6.54 Å². The van der Waals surface area contributed by atoms with Gasteiger partial charge in [-0.05, 0) is 25.3 Å². The van der Waals surface area contributed by atoms with Crippen molar-refractivity contribution in [3.05, 3.63) is 23.8 Å². The Hall–Kier alpha value is -1.91. The second-order valence-electron chi connectivity index (χ2n) is 4.87. The molecule has 0 spiro atoms. The fraction of sp³-hybridized carbons (Fsp3) is 0.533. The van der Waals surface area contributed by atoms with Crippen LogP contribution < -0.4 is 15.2 Å². The fourth-order valence-electron chi connectivity index (χ4n) is 2.47. The van der Waals surface area contributed by atoms with Crippen LogP contribution >= 0.6 is 0 Å². The maximum Gasteiger partial charge on any atom is 0.191 e. The summed E-state index contributed by atoms with van der Waals surface area (Å²) in [5.74, 6) is 2.07. The summed E-state index contributed by atoms with van der Waals surface area (Å²) in [5.41, 5.74) is 7.04. The molecule has 2 N–H and O–H groups in total. The number of methoxy groups -OCH3 is 2. The molecule has 1 aromatic carbocycles. The molecule has 0 unspecified atom stereocenters. The molecule has 0 atom stereocenters. The van der Waals surface area contributed by atoms with Gasteiger partial charge in [-0.15, -0.1) is 0 Å². The molecule has 2 rings (SSSR count). The fourth-order valence-corrected chi connectivity index (χ4v) is 2.47. The molecule has 1 fully saturated rings. The maximum absolute atomic E-state index is 6.06. The second kappa shape index (κ2) is 7.03. The molecular formula is C15H23N3O2. The molecule has 1 heterocycles. The van der Waals surface area contributed by atoms with Crippen molar-refractivity contribution in [3.63, 3.8) is 0 Å². The van der Waals surface area contributed by atoms with Gasteiger partial charge in [0.1, 0.15) is 0 Å². The van der Waals surface area contributed by atoms with Gasteiger partial charge < -0.3 is 20.1 Å². The zero-order chi connectivity index (χ0) is 14.4. The predicted molar refractivity (Wildman–Crippen MR) is 80.3 cm³/mol. The molecule has 5 heteroatoms. The molecule has 1 aliphatic heterocycles. The number of benzene rings is 1. The van der Waals surface area contributed by atoms with Crippen molar-refractivity contribution in [3.8, 4) is 11.5 Å². The van der Waals surface area contributed by atoms with Crippen molar-refractivity contribution in [2.24, 2.45) is 10.7 Å². The topological polar surface area (TPSA) is 60.1 Å². The van der Waals surface area contributed by atoms with Gasteiger partial charge in [0.05, 0.1) is 20.8 Å². The second-order valence-corrected chi connectivity index (χ2v) is 4.87. The first-order valence-electron chi connectivity index (χ1n) is 7.01. The van der Waals surface area contributed by atoms with E-state index in [4.69, 9.17) is 15.2 Å². The summed E-state index contributed by atoms with van der Waals surface area (Å²) in [7, 11) is 3.27. The van der Waals surface area contributed by atoms with Crippen molar-refractivity contribution in [1.29, 1.82) is 0 Å². The van der Waals surface area contributed by atoms with E-state index < -0.39 is 0 Å². The van der Waals surface area contributed by atoms with E-state index in [1.54, 1.807) is 14.2 Å². The smallest absolute Gasteiger partial charge is 0.191 e. The number of para-hydroxylation sites is 1. The van der Waals surface area contributed by atoms with Gasteiger partial charge in [-0.25, -0.2) is 4.99 Å². The summed E-state index contributed by atoms with van der Waals surface area (Å²) in [6.07, 6.45) is 3.67. The molecule has 0 aliphatic carbocycles. The summed E-state index contributed by atoms with van der Waals surface area (Å²) in [6, 6.07) is 5.79. The third-order valence-electron chi connectivity index (χ3n) is 3.58. The summed E-state index contributed by atoms with van der Waals surface area (Å²) < 4.78 is 10.7. The number of likely N-dealkylation sites (tertiary alicyclic amines) is 1. The number of rotatable bonds is 4. The van der Waals surface area contributed by atoms with E-state index in [1.165, 1.54) is 19.3 Å². The largest absolute Gasteiger partial charge is 0.493 e. The van der Waals surface area contributed by atoms with Crippen molar-refractivity contribution in [1.82, 2.24) is 4.90 Å². The zero-order valence-electron chi connectivity index (χ0n) is 12.3. The summed E-state index contributed by atoms with van der Waals surface area (Å²) in [4.78, 5) is 6.64. The number of nitrogens with two attached hydrogens (primary N) is 1. The summed E-state index contributed by atoms with van der Waals surface area (Å²) in [5, 5.41) is 0. The lowest BCUT2D eigenvalue weighted by molar-refractivity contribution is 0.337. The van der Waals surface area contributed by atoms with E-state index >= 15 is 0 Å². The van der Waals surface area contributed by atoms with Crippen LogP contribution in [0.25, 0.3) is 0 Å². The summed E-state index contributed by atoms with van der Waals surface area (Å²) >= 11 is 0. The number of aliphatic imine (C=N–C) groups is 1. The van der Waals surface area contributed by atoms with Crippen LogP contribution in [0.2, 0.25) is 0 Å². The van der Waals surface area contributed by atoms with Crippen LogP contribution in [0.4, 0.5) is 0 Å². The lowest BCUT2D eigenvalue weighted by Gasteiger charge is -2.27. The molecular weight excluding hydrogens is 254 g/mol. The van der Waals surface area contributed by atoms with Crippen molar-refractivity contribution in [2.75, 3.05) is 27.3 Å². The standard InChI is InChI=1S/C15H23N3O2/c1-19-13-8-6-7-12(14(13)20-2)11-17-15(16)18-9-4-3-5-10-18/h6-8H,3-5,9-11H2,1-2H3,(H2,16,17). The monoisotopic (exact) mass is 277 g/mol. The molecule has 20 heavy (non-hydrogen) atoms. The molecule has 0 aromatic heterocycles. The third-order valence-corrected chi connectivity index (χ3v) is 3.58. The Bertz CT molecular complexity index is 468. The van der Waals surface area contributed by atoms with E-state index in [-0.39, 0.29) is 0 Å². The van der Waals surface area contributed by atoms with E-state index in [0.29, 0.717) is 12.5 Å². The van der Waals surface area contributed by atoms with Gasteiger partial charge in [-0.2, -0.15) is 0 Å². The highest BCUT2D eigenvalue weighted by Gasteiger charge is 2.13.